The van der Waals surface area contributed by atoms with Gasteiger partial charge in [-0.2, -0.15) is 5.10 Å². The lowest BCUT2D eigenvalue weighted by Gasteiger charge is -2.20. The molecule has 1 aliphatic heterocycles. The van der Waals surface area contributed by atoms with Crippen LogP contribution in [0.2, 0.25) is 0 Å². The summed E-state index contributed by atoms with van der Waals surface area (Å²) in [6.45, 7) is 0.132. The van der Waals surface area contributed by atoms with Gasteiger partial charge in [0.25, 0.3) is 11.8 Å². The summed E-state index contributed by atoms with van der Waals surface area (Å²) in [6, 6.07) is 8.72. The molecular weight excluding hydrogens is 312 g/mol. The van der Waals surface area contributed by atoms with E-state index in [1.165, 1.54) is 17.2 Å². The Morgan fingerprint density at radius 2 is 1.96 bits per heavy atom. The van der Waals surface area contributed by atoms with Crippen LogP contribution in [0.25, 0.3) is 0 Å². The van der Waals surface area contributed by atoms with Gasteiger partial charge in [0.15, 0.2) is 0 Å². The number of hydrogen-bond donors (Lipinski definition) is 3. The second-order valence-electron chi connectivity index (χ2n) is 5.55. The molecule has 3 rings (SSSR count). The Labute approximate surface area is 137 Å². The van der Waals surface area contributed by atoms with Gasteiger partial charge in [-0.05, 0) is 18.2 Å². The molecule has 1 aromatic carbocycles. The van der Waals surface area contributed by atoms with Gasteiger partial charge in [0.05, 0.1) is 0 Å². The van der Waals surface area contributed by atoms with Crippen molar-refractivity contribution >= 4 is 17.8 Å². The Morgan fingerprint density at radius 1 is 1.21 bits per heavy atom. The van der Waals surface area contributed by atoms with E-state index in [1.807, 2.05) is 0 Å². The van der Waals surface area contributed by atoms with Crippen LogP contribution in [0.15, 0.2) is 42.6 Å². The maximum atomic E-state index is 12.4. The third-order valence-corrected chi connectivity index (χ3v) is 3.95. The minimum Gasteiger partial charge on any atom is -0.480 e. The highest BCUT2D eigenvalue weighted by Gasteiger charge is 2.40. The van der Waals surface area contributed by atoms with Crippen LogP contribution in [0.4, 0.5) is 0 Å². The van der Waals surface area contributed by atoms with E-state index in [9.17, 15) is 19.5 Å². The van der Waals surface area contributed by atoms with Gasteiger partial charge in [-0.1, -0.05) is 18.2 Å². The second-order valence-corrected chi connectivity index (χ2v) is 5.55. The normalized spacial score (nSPS) is 19.9. The van der Waals surface area contributed by atoms with Crippen molar-refractivity contribution in [1.82, 2.24) is 20.4 Å². The highest BCUT2D eigenvalue weighted by Crippen LogP contribution is 2.21. The monoisotopic (exact) mass is 328 g/mol. The molecule has 2 amide bonds. The molecule has 1 saturated heterocycles. The largest absolute Gasteiger partial charge is 0.480 e. The lowest BCUT2D eigenvalue weighted by molar-refractivity contribution is -0.141. The smallest absolute Gasteiger partial charge is 0.326 e. The molecule has 1 fully saturated rings. The number of carboxylic acids is 1. The zero-order valence-electron chi connectivity index (χ0n) is 12.7. The number of carbonyl (C=O) groups is 3. The summed E-state index contributed by atoms with van der Waals surface area (Å²) in [5.41, 5.74) is 0.707. The summed E-state index contributed by atoms with van der Waals surface area (Å²) >= 11 is 0. The first kappa shape index (κ1) is 15.7. The quantitative estimate of drug-likeness (QED) is 0.756. The Bertz CT molecular complexity index is 745. The van der Waals surface area contributed by atoms with Crippen LogP contribution in [-0.4, -0.2) is 56.6 Å². The maximum Gasteiger partial charge on any atom is 0.326 e. The summed E-state index contributed by atoms with van der Waals surface area (Å²) in [5, 5.41) is 18.4. The van der Waals surface area contributed by atoms with E-state index in [0.717, 1.165) is 0 Å². The number of likely N-dealkylation sites (tertiary alicyclic amines) is 1. The van der Waals surface area contributed by atoms with Gasteiger partial charge in [0.2, 0.25) is 0 Å². The molecule has 3 N–H and O–H groups in total. The van der Waals surface area contributed by atoms with E-state index in [1.54, 1.807) is 30.3 Å². The van der Waals surface area contributed by atoms with E-state index in [4.69, 9.17) is 0 Å². The lowest BCUT2D eigenvalue weighted by Crippen LogP contribution is -2.41. The standard InChI is InChI=1S/C16H16N4O4/c21-14(10-4-2-1-3-5-10)18-11-8-13(16(23)24)20(9-11)15(22)12-6-7-17-19-12/h1-7,11,13H,8-9H2,(H,17,19)(H,18,21)(H,23,24). The summed E-state index contributed by atoms with van der Waals surface area (Å²) < 4.78 is 0. The van der Waals surface area contributed by atoms with E-state index < -0.39 is 24.0 Å². The molecule has 2 atom stereocenters. The fourth-order valence-corrected chi connectivity index (χ4v) is 2.79. The molecular formula is C16H16N4O4. The van der Waals surface area contributed by atoms with E-state index >= 15 is 0 Å². The number of carboxylic acid groups (broad SMARTS) is 1. The molecule has 2 unspecified atom stereocenters. The zero-order chi connectivity index (χ0) is 17.1. The number of aromatic amines is 1. The van der Waals surface area contributed by atoms with Gasteiger partial charge in [-0.3, -0.25) is 14.7 Å². The van der Waals surface area contributed by atoms with E-state index in [-0.39, 0.29) is 24.6 Å². The molecule has 124 valence electrons. The van der Waals surface area contributed by atoms with Crippen LogP contribution >= 0.6 is 0 Å². The van der Waals surface area contributed by atoms with Crippen molar-refractivity contribution in [1.29, 1.82) is 0 Å². The van der Waals surface area contributed by atoms with Crippen molar-refractivity contribution in [3.63, 3.8) is 0 Å². The van der Waals surface area contributed by atoms with Crippen LogP contribution in [0, 0.1) is 0 Å². The summed E-state index contributed by atoms with van der Waals surface area (Å²) in [4.78, 5) is 37.3. The summed E-state index contributed by atoms with van der Waals surface area (Å²) in [7, 11) is 0. The molecule has 8 nitrogen and oxygen atoms in total. The van der Waals surface area contributed by atoms with Gasteiger partial charge in [-0.15, -0.1) is 0 Å². The molecule has 0 saturated carbocycles. The maximum absolute atomic E-state index is 12.4. The average molecular weight is 328 g/mol. The summed E-state index contributed by atoms with van der Waals surface area (Å²) in [6.07, 6.45) is 1.58. The molecule has 0 bridgehead atoms. The number of amides is 2. The number of H-pyrrole nitrogens is 1. The molecule has 0 aliphatic carbocycles. The first-order valence-corrected chi connectivity index (χ1v) is 7.45. The van der Waals surface area contributed by atoms with Crippen molar-refractivity contribution in [2.45, 2.75) is 18.5 Å². The lowest BCUT2D eigenvalue weighted by atomic mass is 10.1. The Hall–Kier alpha value is -3.16. The predicted molar refractivity (Wildman–Crippen MR) is 83.4 cm³/mol. The van der Waals surface area contributed by atoms with Gasteiger partial charge < -0.3 is 15.3 Å². The van der Waals surface area contributed by atoms with Crippen LogP contribution in [0.1, 0.15) is 27.3 Å². The van der Waals surface area contributed by atoms with Crippen molar-refractivity contribution in [2.75, 3.05) is 6.54 Å². The first-order chi connectivity index (χ1) is 11.6. The number of aromatic nitrogens is 2. The molecule has 2 heterocycles. The molecule has 8 heteroatoms. The van der Waals surface area contributed by atoms with Crippen LogP contribution in [0.3, 0.4) is 0 Å². The first-order valence-electron chi connectivity index (χ1n) is 7.45. The minimum atomic E-state index is -1.10. The fourth-order valence-electron chi connectivity index (χ4n) is 2.79. The van der Waals surface area contributed by atoms with Gasteiger partial charge in [0, 0.05) is 30.8 Å². The van der Waals surface area contributed by atoms with Crippen LogP contribution in [-0.2, 0) is 4.79 Å². The second kappa shape index (κ2) is 6.53. The van der Waals surface area contributed by atoms with Gasteiger partial charge in [-0.25, -0.2) is 4.79 Å². The Morgan fingerprint density at radius 3 is 2.58 bits per heavy atom. The third-order valence-electron chi connectivity index (χ3n) is 3.95. The number of nitrogens with one attached hydrogen (secondary N) is 2. The topological polar surface area (TPSA) is 115 Å². The number of hydrogen-bond acceptors (Lipinski definition) is 4. The highest BCUT2D eigenvalue weighted by molar-refractivity contribution is 5.96. The molecule has 2 aromatic rings. The number of carbonyl (C=O) groups excluding carboxylic acids is 2. The van der Waals surface area contributed by atoms with Crippen molar-refractivity contribution < 1.29 is 19.5 Å². The fraction of sp³-hybridized carbons (Fsp3) is 0.250. The number of nitrogens with zero attached hydrogens (tertiary/aromatic N) is 2. The van der Waals surface area contributed by atoms with Crippen molar-refractivity contribution in [3.8, 4) is 0 Å². The van der Waals surface area contributed by atoms with Gasteiger partial charge >= 0.3 is 5.97 Å². The Balaban J connectivity index is 1.72. The van der Waals surface area contributed by atoms with E-state index in [2.05, 4.69) is 15.5 Å². The molecule has 1 aromatic heterocycles. The van der Waals surface area contributed by atoms with Crippen LogP contribution < -0.4 is 5.32 Å². The highest BCUT2D eigenvalue weighted by atomic mass is 16.4. The SMILES string of the molecule is O=C(NC1CC(C(=O)O)N(C(=O)c2ccn[nH]2)C1)c1ccccc1. The number of benzene rings is 1. The molecule has 0 spiro atoms. The zero-order valence-corrected chi connectivity index (χ0v) is 12.7. The third kappa shape index (κ3) is 3.12. The minimum absolute atomic E-state index is 0.132. The molecule has 1 aliphatic rings. The molecule has 24 heavy (non-hydrogen) atoms. The average Bonchev–Trinajstić information content (AvgIpc) is 3.25. The van der Waals surface area contributed by atoms with Crippen molar-refractivity contribution in [2.24, 2.45) is 0 Å². The number of rotatable bonds is 4. The predicted octanol–water partition coefficient (Wildman–Crippen LogP) is 0.507. The van der Waals surface area contributed by atoms with E-state index in [0.29, 0.717) is 5.56 Å². The van der Waals surface area contributed by atoms with Crippen LogP contribution in [0.5, 0.6) is 0 Å². The molecule has 0 radical (unpaired) electrons. The Kier molecular flexibility index (Phi) is 4.28. The summed E-state index contributed by atoms with van der Waals surface area (Å²) in [5.74, 6) is -1.84. The number of aliphatic carboxylic acids is 1. The van der Waals surface area contributed by atoms with Gasteiger partial charge in [0.1, 0.15) is 11.7 Å². The van der Waals surface area contributed by atoms with Crippen molar-refractivity contribution in [3.05, 3.63) is 53.9 Å².